The highest BCUT2D eigenvalue weighted by Gasteiger charge is 2.03. The number of nitrogens with zero attached hydrogens (tertiary/aromatic N) is 2. The summed E-state index contributed by atoms with van der Waals surface area (Å²) in [5.41, 5.74) is 7.66. The van der Waals surface area contributed by atoms with E-state index >= 15 is 0 Å². The Bertz CT molecular complexity index is 525. The third kappa shape index (κ3) is 3.01. The smallest absolute Gasteiger partial charge is 0.148 e. The van der Waals surface area contributed by atoms with Gasteiger partial charge in [-0.05, 0) is 30.7 Å². The van der Waals surface area contributed by atoms with Crippen molar-refractivity contribution in [1.29, 1.82) is 0 Å². The molecule has 0 aliphatic heterocycles. The molecule has 0 atom stereocenters. The lowest BCUT2D eigenvalue weighted by Crippen LogP contribution is -2.05. The van der Waals surface area contributed by atoms with Crippen LogP contribution < -0.4 is 11.1 Å². The highest BCUT2D eigenvalue weighted by atomic mass is 19.1. The van der Waals surface area contributed by atoms with Crippen LogP contribution in [0.25, 0.3) is 0 Å². The minimum Gasteiger partial charge on any atom is -0.364 e. The van der Waals surface area contributed by atoms with Gasteiger partial charge in [-0.25, -0.2) is 4.39 Å². The van der Waals surface area contributed by atoms with Crippen LogP contribution in [-0.4, -0.2) is 10.2 Å². The first-order chi connectivity index (χ1) is 8.69. The quantitative estimate of drug-likeness (QED) is 0.866. The number of nitrogens with one attached hydrogen (secondary N) is 1. The van der Waals surface area contributed by atoms with Gasteiger partial charge in [-0.15, -0.1) is 5.10 Å². The van der Waals surface area contributed by atoms with Gasteiger partial charge in [0.2, 0.25) is 0 Å². The molecule has 0 bridgehead atoms. The molecular weight excluding hydrogens is 231 g/mol. The van der Waals surface area contributed by atoms with Gasteiger partial charge in [0, 0.05) is 18.7 Å². The van der Waals surface area contributed by atoms with Crippen LogP contribution in [0.4, 0.5) is 10.2 Å². The van der Waals surface area contributed by atoms with E-state index in [9.17, 15) is 4.39 Å². The van der Waals surface area contributed by atoms with Crippen LogP contribution in [0.3, 0.4) is 0 Å². The van der Waals surface area contributed by atoms with Crippen molar-refractivity contribution in [1.82, 2.24) is 10.2 Å². The van der Waals surface area contributed by atoms with Crippen LogP contribution in [0, 0.1) is 12.7 Å². The second kappa shape index (κ2) is 5.55. The van der Waals surface area contributed by atoms with Gasteiger partial charge in [0.05, 0.1) is 5.69 Å². The van der Waals surface area contributed by atoms with Gasteiger partial charge in [-0.1, -0.05) is 12.1 Å². The molecule has 0 amide bonds. The Morgan fingerprint density at radius 3 is 2.67 bits per heavy atom. The number of hydrogen-bond acceptors (Lipinski definition) is 4. The average molecular weight is 246 g/mol. The van der Waals surface area contributed by atoms with Crippen molar-refractivity contribution in [2.75, 3.05) is 5.32 Å². The Balaban J connectivity index is 2.04. The van der Waals surface area contributed by atoms with E-state index in [1.807, 2.05) is 25.1 Å². The van der Waals surface area contributed by atoms with Crippen molar-refractivity contribution in [2.45, 2.75) is 20.0 Å². The predicted molar refractivity (Wildman–Crippen MR) is 68.4 cm³/mol. The summed E-state index contributed by atoms with van der Waals surface area (Å²) in [5.74, 6) is 0.369. The van der Waals surface area contributed by atoms with Crippen molar-refractivity contribution >= 4 is 5.82 Å². The Labute approximate surface area is 105 Å². The Hall–Kier alpha value is -2.01. The van der Waals surface area contributed by atoms with Gasteiger partial charge < -0.3 is 11.1 Å². The highest BCUT2D eigenvalue weighted by Crippen LogP contribution is 2.12. The first-order valence-electron chi connectivity index (χ1n) is 5.70. The minimum atomic E-state index is -0.259. The first-order valence-corrected chi connectivity index (χ1v) is 5.70. The predicted octanol–water partition coefficient (Wildman–Crippen LogP) is 1.99. The molecule has 2 aromatic rings. The van der Waals surface area contributed by atoms with E-state index in [1.54, 1.807) is 6.07 Å². The number of rotatable bonds is 4. The van der Waals surface area contributed by atoms with E-state index in [-0.39, 0.29) is 5.82 Å². The highest BCUT2D eigenvalue weighted by molar-refractivity contribution is 5.35. The molecule has 0 aliphatic carbocycles. The molecule has 1 aromatic heterocycles. The van der Waals surface area contributed by atoms with Crippen LogP contribution in [-0.2, 0) is 13.1 Å². The van der Waals surface area contributed by atoms with E-state index in [4.69, 9.17) is 5.73 Å². The summed E-state index contributed by atoms with van der Waals surface area (Å²) in [4.78, 5) is 0. The van der Waals surface area contributed by atoms with Crippen molar-refractivity contribution in [3.05, 3.63) is 53.0 Å². The van der Waals surface area contributed by atoms with Crippen molar-refractivity contribution in [3.8, 4) is 0 Å². The molecule has 18 heavy (non-hydrogen) atoms. The molecule has 1 heterocycles. The topological polar surface area (TPSA) is 63.8 Å². The van der Waals surface area contributed by atoms with Gasteiger partial charge in [0.25, 0.3) is 0 Å². The molecular formula is C13H15FN4. The fraction of sp³-hybridized carbons (Fsp3) is 0.231. The fourth-order valence-corrected chi connectivity index (χ4v) is 1.54. The molecule has 0 saturated heterocycles. The lowest BCUT2D eigenvalue weighted by Gasteiger charge is -2.07. The number of halogens is 1. The molecule has 94 valence electrons. The fourth-order valence-electron chi connectivity index (χ4n) is 1.54. The maximum atomic E-state index is 13.7. The Morgan fingerprint density at radius 1 is 1.22 bits per heavy atom. The molecule has 0 radical (unpaired) electrons. The number of aromatic nitrogens is 2. The van der Waals surface area contributed by atoms with E-state index in [1.165, 1.54) is 6.07 Å². The molecule has 0 saturated carbocycles. The monoisotopic (exact) mass is 246 g/mol. The van der Waals surface area contributed by atoms with Crippen LogP contribution in [0.2, 0.25) is 0 Å². The zero-order valence-corrected chi connectivity index (χ0v) is 10.2. The molecule has 0 spiro atoms. The Morgan fingerprint density at radius 2 is 2.06 bits per heavy atom. The van der Waals surface area contributed by atoms with E-state index in [0.717, 1.165) is 11.3 Å². The summed E-state index contributed by atoms with van der Waals surface area (Å²) in [6, 6.07) is 8.67. The van der Waals surface area contributed by atoms with Crippen LogP contribution in [0.1, 0.15) is 16.8 Å². The van der Waals surface area contributed by atoms with Crippen LogP contribution in [0.15, 0.2) is 30.3 Å². The van der Waals surface area contributed by atoms with E-state index < -0.39 is 0 Å². The summed E-state index contributed by atoms with van der Waals surface area (Å²) in [6.07, 6.45) is 0. The molecule has 5 heteroatoms. The summed E-state index contributed by atoms with van der Waals surface area (Å²) >= 11 is 0. The molecule has 0 unspecified atom stereocenters. The number of aryl methyl sites for hydroxylation is 1. The second-order valence-corrected chi connectivity index (χ2v) is 4.04. The number of hydrogen-bond donors (Lipinski definition) is 2. The Kier molecular flexibility index (Phi) is 3.84. The largest absolute Gasteiger partial charge is 0.364 e. The second-order valence-electron chi connectivity index (χ2n) is 4.04. The third-order valence-corrected chi connectivity index (χ3v) is 2.61. The minimum absolute atomic E-state index is 0.259. The van der Waals surface area contributed by atoms with Crippen LogP contribution >= 0.6 is 0 Å². The zero-order valence-electron chi connectivity index (χ0n) is 10.2. The lowest BCUT2D eigenvalue weighted by molar-refractivity contribution is 0.610. The molecule has 3 N–H and O–H groups in total. The summed E-state index contributed by atoms with van der Waals surface area (Å²) in [6.45, 7) is 2.57. The van der Waals surface area contributed by atoms with Gasteiger partial charge in [-0.3, -0.25) is 0 Å². The van der Waals surface area contributed by atoms with E-state index in [0.29, 0.717) is 24.5 Å². The number of nitrogens with two attached hydrogens (primary N) is 1. The lowest BCUT2D eigenvalue weighted by atomic mass is 10.1. The van der Waals surface area contributed by atoms with Crippen molar-refractivity contribution in [2.24, 2.45) is 5.73 Å². The van der Waals surface area contributed by atoms with Crippen molar-refractivity contribution in [3.63, 3.8) is 0 Å². The van der Waals surface area contributed by atoms with Gasteiger partial charge in [0.15, 0.2) is 0 Å². The molecule has 0 fully saturated rings. The molecule has 4 nitrogen and oxygen atoms in total. The van der Waals surface area contributed by atoms with Gasteiger partial charge in [-0.2, -0.15) is 5.10 Å². The zero-order chi connectivity index (χ0) is 13.0. The summed E-state index contributed by atoms with van der Waals surface area (Å²) < 4.78 is 13.7. The maximum absolute atomic E-state index is 13.7. The summed E-state index contributed by atoms with van der Waals surface area (Å²) in [7, 11) is 0. The average Bonchev–Trinajstić information content (AvgIpc) is 2.39. The third-order valence-electron chi connectivity index (χ3n) is 2.61. The number of benzene rings is 1. The molecule has 2 rings (SSSR count). The van der Waals surface area contributed by atoms with Crippen LogP contribution in [0.5, 0.6) is 0 Å². The normalized spacial score (nSPS) is 10.4. The maximum Gasteiger partial charge on any atom is 0.148 e. The number of anilines is 1. The van der Waals surface area contributed by atoms with Gasteiger partial charge in [0.1, 0.15) is 11.6 Å². The van der Waals surface area contributed by atoms with Gasteiger partial charge >= 0.3 is 0 Å². The first kappa shape index (κ1) is 12.4. The standard InChI is InChI=1S/C13H15FN4/c1-9-2-5-13(18-17-9)16-8-11-4-3-10(7-15)6-12(11)14/h2-6H,7-8,15H2,1H3,(H,16,18). The van der Waals surface area contributed by atoms with Crippen molar-refractivity contribution < 1.29 is 4.39 Å². The SMILES string of the molecule is Cc1ccc(NCc2ccc(CN)cc2F)nn1. The van der Waals surface area contributed by atoms with E-state index in [2.05, 4.69) is 15.5 Å². The molecule has 1 aromatic carbocycles. The summed E-state index contributed by atoms with van der Waals surface area (Å²) in [5, 5.41) is 10.9. The molecule has 0 aliphatic rings.